The van der Waals surface area contributed by atoms with Crippen molar-refractivity contribution >= 4 is 60.2 Å². The van der Waals surface area contributed by atoms with Crippen molar-refractivity contribution in [3.63, 3.8) is 0 Å². The Morgan fingerprint density at radius 1 is 0.302 bits per heavy atom. The highest BCUT2D eigenvalue weighted by molar-refractivity contribution is 6.25. The summed E-state index contributed by atoms with van der Waals surface area (Å²) in [5.74, 6) is 0. The first-order valence-corrected chi connectivity index (χ1v) is 18.8. The topological polar surface area (TPSA) is 3.24 Å². The number of nitrogens with zero attached hydrogens (tertiary/aromatic N) is 1. The van der Waals surface area contributed by atoms with Gasteiger partial charge in [0.1, 0.15) is 0 Å². The highest BCUT2D eigenvalue weighted by Gasteiger charge is 2.38. The van der Waals surface area contributed by atoms with Crippen LogP contribution in [0.2, 0.25) is 0 Å². The van der Waals surface area contributed by atoms with Gasteiger partial charge < -0.3 is 4.90 Å². The van der Waals surface area contributed by atoms with Crippen LogP contribution < -0.4 is 4.90 Å². The molecule has 0 N–H and O–H groups in total. The zero-order valence-electron chi connectivity index (χ0n) is 30.5. The summed E-state index contributed by atoms with van der Waals surface area (Å²) < 4.78 is 0. The molecule has 1 nitrogen and oxygen atoms in total. The lowest BCUT2D eigenvalue weighted by atomic mass is 9.82. The zero-order chi connectivity index (χ0) is 35.6. The number of fused-ring (bicyclic) bond motifs is 13. The molecule has 0 spiro atoms. The highest BCUT2D eigenvalue weighted by Crippen LogP contribution is 2.54. The van der Waals surface area contributed by atoms with E-state index in [2.05, 4.69) is 196 Å². The average Bonchev–Trinajstić information content (AvgIpc) is 3.55. The summed E-state index contributed by atoms with van der Waals surface area (Å²) in [4.78, 5) is 2.50. The number of rotatable bonds is 3. The summed E-state index contributed by atoms with van der Waals surface area (Å²) in [6, 6.07) is 61.7. The van der Waals surface area contributed by atoms with Gasteiger partial charge in [-0.05, 0) is 136 Å². The molecule has 0 aromatic heterocycles. The molecule has 252 valence electrons. The molecule has 2 aliphatic rings. The van der Waals surface area contributed by atoms with Crippen LogP contribution in [-0.2, 0) is 10.8 Å². The molecule has 0 unspecified atom stereocenters. The molecule has 53 heavy (non-hydrogen) atoms. The molecule has 1 heteroatoms. The lowest BCUT2D eigenvalue weighted by molar-refractivity contribution is 0.660. The summed E-state index contributed by atoms with van der Waals surface area (Å²) >= 11 is 0. The molecule has 0 heterocycles. The van der Waals surface area contributed by atoms with Crippen LogP contribution in [-0.4, -0.2) is 0 Å². The fourth-order valence-corrected chi connectivity index (χ4v) is 9.88. The molecule has 0 fully saturated rings. The van der Waals surface area contributed by atoms with E-state index in [1.807, 2.05) is 0 Å². The molecule has 9 aromatic carbocycles. The molecule has 0 amide bonds. The second-order valence-electron chi connectivity index (χ2n) is 16.2. The van der Waals surface area contributed by atoms with Gasteiger partial charge in [-0.3, -0.25) is 0 Å². The van der Waals surface area contributed by atoms with Crippen LogP contribution in [0.3, 0.4) is 0 Å². The van der Waals surface area contributed by atoms with E-state index in [0.717, 1.165) is 5.69 Å². The first-order valence-electron chi connectivity index (χ1n) is 18.8. The van der Waals surface area contributed by atoms with Gasteiger partial charge in [0, 0.05) is 27.9 Å². The third-order valence-corrected chi connectivity index (χ3v) is 12.6. The monoisotopic (exact) mass is 677 g/mol. The molecule has 0 atom stereocenters. The lowest BCUT2D eigenvalue weighted by Gasteiger charge is -2.29. The number of benzene rings is 9. The Morgan fingerprint density at radius 2 is 0.755 bits per heavy atom. The minimum absolute atomic E-state index is 0.0929. The van der Waals surface area contributed by atoms with Crippen LogP contribution in [0, 0.1) is 0 Å². The second kappa shape index (κ2) is 10.7. The van der Waals surface area contributed by atoms with Crippen molar-refractivity contribution in [1.29, 1.82) is 0 Å². The molecule has 2 aliphatic carbocycles. The fraction of sp³-hybridized carbons (Fsp3) is 0.115. The summed E-state index contributed by atoms with van der Waals surface area (Å²) in [6.07, 6.45) is 0. The molecule has 11 rings (SSSR count). The van der Waals surface area contributed by atoms with Crippen LogP contribution in [0.5, 0.6) is 0 Å². The Labute approximate surface area is 310 Å². The summed E-state index contributed by atoms with van der Waals surface area (Å²) in [7, 11) is 0. The van der Waals surface area contributed by atoms with Crippen LogP contribution in [0.4, 0.5) is 17.1 Å². The largest absolute Gasteiger partial charge is 0.310 e. The van der Waals surface area contributed by atoms with E-state index in [9.17, 15) is 0 Å². The first kappa shape index (κ1) is 30.4. The van der Waals surface area contributed by atoms with Gasteiger partial charge in [0.15, 0.2) is 0 Å². The highest BCUT2D eigenvalue weighted by atomic mass is 15.1. The van der Waals surface area contributed by atoms with Crippen LogP contribution >= 0.6 is 0 Å². The minimum atomic E-state index is -0.103. The minimum Gasteiger partial charge on any atom is -0.310 e. The van der Waals surface area contributed by atoms with Crippen LogP contribution in [0.15, 0.2) is 164 Å². The van der Waals surface area contributed by atoms with Crippen molar-refractivity contribution in [3.8, 4) is 22.3 Å². The van der Waals surface area contributed by atoms with E-state index in [1.54, 1.807) is 0 Å². The fourth-order valence-electron chi connectivity index (χ4n) is 9.88. The zero-order valence-corrected chi connectivity index (χ0v) is 30.5. The quantitative estimate of drug-likeness (QED) is 0.168. The number of anilines is 3. The molecular weight excluding hydrogens is 639 g/mol. The van der Waals surface area contributed by atoms with Gasteiger partial charge in [0.05, 0.1) is 0 Å². The Morgan fingerprint density at radius 3 is 1.47 bits per heavy atom. The van der Waals surface area contributed by atoms with Crippen molar-refractivity contribution in [2.24, 2.45) is 0 Å². The maximum absolute atomic E-state index is 2.50. The summed E-state index contributed by atoms with van der Waals surface area (Å²) in [6.45, 7) is 9.50. The third-order valence-electron chi connectivity index (χ3n) is 12.6. The Hall–Kier alpha value is -6.18. The second-order valence-corrected chi connectivity index (χ2v) is 16.2. The SMILES string of the molecule is CC1(C)c2ccccc2-c2ccc(N(c3ccc4c(c3)-c3cc5ccccc5cc3C4(C)C)c3ccc4c5ccccc5c5ccccc5c4c3)cc21. The van der Waals surface area contributed by atoms with Crippen molar-refractivity contribution < 1.29 is 0 Å². The van der Waals surface area contributed by atoms with Crippen LogP contribution in [0.1, 0.15) is 49.9 Å². The normalized spacial score (nSPS) is 14.7. The Kier molecular flexibility index (Phi) is 6.14. The Balaban J connectivity index is 1.17. The summed E-state index contributed by atoms with van der Waals surface area (Å²) in [5, 5.41) is 10.3. The molecule has 0 saturated carbocycles. The van der Waals surface area contributed by atoms with Gasteiger partial charge in [-0.15, -0.1) is 0 Å². The van der Waals surface area contributed by atoms with E-state index in [-0.39, 0.29) is 10.8 Å². The maximum Gasteiger partial charge on any atom is 0.0468 e. The van der Waals surface area contributed by atoms with Crippen molar-refractivity contribution in [1.82, 2.24) is 0 Å². The number of hydrogen-bond acceptors (Lipinski definition) is 1. The van der Waals surface area contributed by atoms with Crippen molar-refractivity contribution in [2.75, 3.05) is 4.90 Å². The predicted molar refractivity (Wildman–Crippen MR) is 226 cm³/mol. The van der Waals surface area contributed by atoms with Crippen molar-refractivity contribution in [2.45, 2.75) is 38.5 Å². The van der Waals surface area contributed by atoms with Gasteiger partial charge in [0.25, 0.3) is 0 Å². The first-order chi connectivity index (χ1) is 25.8. The van der Waals surface area contributed by atoms with Crippen molar-refractivity contribution in [3.05, 3.63) is 186 Å². The maximum atomic E-state index is 2.50. The predicted octanol–water partition coefficient (Wildman–Crippen LogP) is 14.4. The molecule has 9 aromatic rings. The molecule has 0 radical (unpaired) electrons. The smallest absolute Gasteiger partial charge is 0.0468 e. The summed E-state index contributed by atoms with van der Waals surface area (Å²) in [5.41, 5.74) is 14.2. The Bertz CT molecular complexity index is 2980. The number of hydrogen-bond donors (Lipinski definition) is 0. The van der Waals surface area contributed by atoms with E-state index in [4.69, 9.17) is 0 Å². The molecular formula is C52H39N. The van der Waals surface area contributed by atoms with E-state index < -0.39 is 0 Å². The molecule has 0 bridgehead atoms. The van der Waals surface area contributed by atoms with Gasteiger partial charge in [-0.1, -0.05) is 143 Å². The van der Waals surface area contributed by atoms with Gasteiger partial charge in [0.2, 0.25) is 0 Å². The van der Waals surface area contributed by atoms with Gasteiger partial charge in [-0.2, -0.15) is 0 Å². The van der Waals surface area contributed by atoms with E-state index in [0.29, 0.717) is 0 Å². The molecule has 0 aliphatic heterocycles. The lowest BCUT2D eigenvalue weighted by Crippen LogP contribution is -2.17. The standard InChI is InChI=1S/C52H39N/c1-51(2)47-20-12-11-19-42(47)43-25-22-36(31-50(43)51)53(34-21-24-41-39-17-8-7-15-37(39)38-16-9-10-18-40(38)44(41)29-34)35-23-26-48-46(30-35)45-27-32-13-5-6-14-33(32)28-49(45)52(48,3)4/h5-31H,1-4H3. The van der Waals surface area contributed by atoms with Gasteiger partial charge in [-0.25, -0.2) is 0 Å². The van der Waals surface area contributed by atoms with Gasteiger partial charge >= 0.3 is 0 Å². The van der Waals surface area contributed by atoms with E-state index >= 15 is 0 Å². The molecule has 0 saturated heterocycles. The third kappa shape index (κ3) is 4.20. The van der Waals surface area contributed by atoms with Crippen LogP contribution in [0.25, 0.3) is 65.3 Å². The average molecular weight is 678 g/mol. The van der Waals surface area contributed by atoms with E-state index in [1.165, 1.54) is 99.0 Å².